The summed E-state index contributed by atoms with van der Waals surface area (Å²) < 4.78 is 37.6. The zero-order valence-corrected chi connectivity index (χ0v) is 23.4. The molecule has 2 aliphatic rings. The van der Waals surface area contributed by atoms with E-state index >= 15 is 4.39 Å². The van der Waals surface area contributed by atoms with Crippen LogP contribution >= 0.6 is 11.6 Å². The van der Waals surface area contributed by atoms with Crippen LogP contribution in [0, 0.1) is 11.6 Å². The van der Waals surface area contributed by atoms with Gasteiger partial charge in [-0.3, -0.25) is 0 Å². The molecule has 204 valence electrons. The summed E-state index contributed by atoms with van der Waals surface area (Å²) in [4.78, 5) is 11.8. The van der Waals surface area contributed by atoms with Crippen LogP contribution in [0.1, 0.15) is 58.3 Å². The molecular formula is C31H32ClF2N3O2. The fraction of sp³-hybridized carbons (Fsp3) is 0.419. The number of hydrogen-bond donors (Lipinski definition) is 1. The average molecular weight is 552 g/mol. The second-order valence-corrected chi connectivity index (χ2v) is 12.2. The van der Waals surface area contributed by atoms with Gasteiger partial charge in [-0.2, -0.15) is 0 Å². The van der Waals surface area contributed by atoms with Crippen molar-refractivity contribution < 1.29 is 18.6 Å². The number of aromatic hydroxyl groups is 1. The first-order chi connectivity index (χ1) is 18.5. The highest BCUT2D eigenvalue weighted by Gasteiger charge is 2.43. The Kier molecular flexibility index (Phi) is 6.23. The number of phenolic OH excluding ortho intramolecular Hbond substituents is 1. The Balaban J connectivity index is 1.64. The number of hydrogen-bond acceptors (Lipinski definition) is 5. The SMILES string of the molecule is CCc1c(F)ccc2cc(O)cc(-c3c(Cl)cc4c(N5CCC[C@]6(CCO6)C5)nc(C(C)(C)C)nc4c3F)c12. The van der Waals surface area contributed by atoms with Crippen LogP contribution in [0.25, 0.3) is 32.8 Å². The first-order valence-corrected chi connectivity index (χ1v) is 13.9. The number of anilines is 1. The number of halogens is 3. The van der Waals surface area contributed by atoms with Gasteiger partial charge in [0.2, 0.25) is 0 Å². The molecule has 0 radical (unpaired) electrons. The number of piperidine rings is 1. The smallest absolute Gasteiger partial charge is 0.158 e. The Morgan fingerprint density at radius 2 is 1.90 bits per heavy atom. The molecule has 6 rings (SSSR count). The minimum absolute atomic E-state index is 0.0559. The Bertz CT molecular complexity index is 1630. The Hall–Kier alpha value is -3.03. The summed E-state index contributed by atoms with van der Waals surface area (Å²) in [6, 6.07) is 7.67. The van der Waals surface area contributed by atoms with Crippen LogP contribution in [0.4, 0.5) is 14.6 Å². The number of phenols is 1. The van der Waals surface area contributed by atoms with Gasteiger partial charge in [0.25, 0.3) is 0 Å². The first-order valence-electron chi connectivity index (χ1n) is 13.5. The molecule has 2 saturated heterocycles. The van der Waals surface area contributed by atoms with E-state index < -0.39 is 11.2 Å². The highest BCUT2D eigenvalue weighted by atomic mass is 35.5. The summed E-state index contributed by atoms with van der Waals surface area (Å²) in [5.74, 6) is 0.113. The second-order valence-electron chi connectivity index (χ2n) is 11.8. The number of aryl methyl sites for hydroxylation is 1. The van der Waals surface area contributed by atoms with Crippen molar-refractivity contribution in [3.8, 4) is 16.9 Å². The fourth-order valence-corrected chi connectivity index (χ4v) is 6.33. The summed E-state index contributed by atoms with van der Waals surface area (Å²) in [5.41, 5.74) is 0.405. The van der Waals surface area contributed by atoms with E-state index in [1.54, 1.807) is 18.2 Å². The van der Waals surface area contributed by atoms with E-state index in [4.69, 9.17) is 26.3 Å². The number of benzene rings is 3. The third kappa shape index (κ3) is 4.30. The van der Waals surface area contributed by atoms with E-state index in [1.165, 1.54) is 12.1 Å². The van der Waals surface area contributed by atoms with Crippen molar-refractivity contribution in [2.45, 2.75) is 64.4 Å². The van der Waals surface area contributed by atoms with Crippen LogP contribution in [-0.4, -0.2) is 40.4 Å². The molecule has 1 N–H and O–H groups in total. The van der Waals surface area contributed by atoms with Gasteiger partial charge in [-0.15, -0.1) is 0 Å². The molecule has 3 heterocycles. The van der Waals surface area contributed by atoms with Crippen LogP contribution in [0.15, 0.2) is 30.3 Å². The molecule has 0 amide bonds. The van der Waals surface area contributed by atoms with Crippen molar-refractivity contribution in [2.75, 3.05) is 24.6 Å². The molecule has 8 heteroatoms. The van der Waals surface area contributed by atoms with Crippen molar-refractivity contribution >= 4 is 39.1 Å². The van der Waals surface area contributed by atoms with E-state index in [0.717, 1.165) is 32.4 Å². The molecule has 0 bridgehead atoms. The molecule has 4 aromatic rings. The van der Waals surface area contributed by atoms with E-state index in [0.29, 0.717) is 51.9 Å². The van der Waals surface area contributed by atoms with Crippen molar-refractivity contribution in [1.29, 1.82) is 0 Å². The third-order valence-corrected chi connectivity index (χ3v) is 8.41. The summed E-state index contributed by atoms with van der Waals surface area (Å²) in [6.07, 6.45) is 3.34. The van der Waals surface area contributed by atoms with Gasteiger partial charge >= 0.3 is 0 Å². The quantitative estimate of drug-likeness (QED) is 0.282. The van der Waals surface area contributed by atoms with Crippen LogP contribution in [0.2, 0.25) is 5.02 Å². The number of fused-ring (bicyclic) bond motifs is 2. The van der Waals surface area contributed by atoms with E-state index in [-0.39, 0.29) is 33.3 Å². The van der Waals surface area contributed by atoms with Gasteiger partial charge in [0.1, 0.15) is 28.7 Å². The second kappa shape index (κ2) is 9.27. The average Bonchev–Trinajstić information content (AvgIpc) is 2.87. The summed E-state index contributed by atoms with van der Waals surface area (Å²) in [5, 5.41) is 12.4. The molecule has 2 fully saturated rings. The highest BCUT2D eigenvalue weighted by Crippen LogP contribution is 2.45. The minimum Gasteiger partial charge on any atom is -0.508 e. The lowest BCUT2D eigenvalue weighted by Crippen LogP contribution is -2.56. The maximum absolute atomic E-state index is 16.8. The van der Waals surface area contributed by atoms with Crippen molar-refractivity contribution in [1.82, 2.24) is 9.97 Å². The van der Waals surface area contributed by atoms with Gasteiger partial charge in [0, 0.05) is 35.9 Å². The lowest BCUT2D eigenvalue weighted by molar-refractivity contribution is -0.151. The molecular weight excluding hydrogens is 520 g/mol. The summed E-state index contributed by atoms with van der Waals surface area (Å²) >= 11 is 6.85. The van der Waals surface area contributed by atoms with Crippen molar-refractivity contribution in [3.05, 3.63) is 58.4 Å². The van der Waals surface area contributed by atoms with Gasteiger partial charge in [0.05, 0.1) is 17.2 Å². The van der Waals surface area contributed by atoms with Crippen LogP contribution in [-0.2, 0) is 16.6 Å². The number of rotatable bonds is 3. The molecule has 0 aliphatic carbocycles. The van der Waals surface area contributed by atoms with E-state index in [2.05, 4.69) is 4.90 Å². The molecule has 5 nitrogen and oxygen atoms in total. The maximum atomic E-state index is 16.8. The van der Waals surface area contributed by atoms with Crippen LogP contribution < -0.4 is 4.90 Å². The van der Waals surface area contributed by atoms with Crippen LogP contribution in [0.3, 0.4) is 0 Å². The molecule has 1 aromatic heterocycles. The first kappa shape index (κ1) is 26.2. The Morgan fingerprint density at radius 1 is 1.13 bits per heavy atom. The fourth-order valence-electron chi connectivity index (χ4n) is 6.04. The summed E-state index contributed by atoms with van der Waals surface area (Å²) in [7, 11) is 0. The predicted octanol–water partition coefficient (Wildman–Crippen LogP) is 7.71. The molecule has 1 spiro atoms. The van der Waals surface area contributed by atoms with E-state index in [9.17, 15) is 9.50 Å². The van der Waals surface area contributed by atoms with Crippen molar-refractivity contribution in [2.24, 2.45) is 0 Å². The van der Waals surface area contributed by atoms with Gasteiger partial charge in [-0.05, 0) is 65.4 Å². The van der Waals surface area contributed by atoms with Crippen molar-refractivity contribution in [3.63, 3.8) is 0 Å². The zero-order chi connectivity index (χ0) is 27.7. The number of nitrogens with zero attached hydrogens (tertiary/aromatic N) is 3. The summed E-state index contributed by atoms with van der Waals surface area (Å²) in [6.45, 7) is 10.1. The lowest BCUT2D eigenvalue weighted by atomic mass is 9.85. The topological polar surface area (TPSA) is 58.5 Å². The number of ether oxygens (including phenoxy) is 1. The lowest BCUT2D eigenvalue weighted by Gasteiger charge is -2.49. The Morgan fingerprint density at radius 3 is 2.56 bits per heavy atom. The minimum atomic E-state index is -0.614. The molecule has 39 heavy (non-hydrogen) atoms. The normalized spacial score (nSPS) is 19.7. The molecule has 1 atom stereocenters. The van der Waals surface area contributed by atoms with Gasteiger partial charge < -0.3 is 14.7 Å². The predicted molar refractivity (Wildman–Crippen MR) is 152 cm³/mol. The molecule has 3 aromatic carbocycles. The highest BCUT2D eigenvalue weighted by molar-refractivity contribution is 6.35. The monoisotopic (exact) mass is 551 g/mol. The van der Waals surface area contributed by atoms with E-state index in [1.807, 2.05) is 27.7 Å². The van der Waals surface area contributed by atoms with Gasteiger partial charge in [0.15, 0.2) is 5.82 Å². The third-order valence-electron chi connectivity index (χ3n) is 8.11. The molecule has 0 unspecified atom stereocenters. The molecule has 2 aliphatic heterocycles. The standard InChI is InChI=1S/C31H32ClF2N3O2/c1-5-19-23(33)8-7-17-13-18(38)14-20(24(17)19)25-22(32)15-21-27(26(25)34)35-29(30(2,3)4)36-28(21)37-11-6-9-31(16-37)10-12-39-31/h7-8,13-15,38H,5-6,9-12,16H2,1-4H3/t31-/m0/s1. The molecule has 0 saturated carbocycles. The van der Waals surface area contributed by atoms with Gasteiger partial charge in [-0.1, -0.05) is 45.4 Å². The maximum Gasteiger partial charge on any atom is 0.158 e. The zero-order valence-electron chi connectivity index (χ0n) is 22.7. The van der Waals surface area contributed by atoms with Gasteiger partial charge in [-0.25, -0.2) is 18.7 Å². The largest absolute Gasteiger partial charge is 0.508 e. The number of aromatic nitrogens is 2. The van der Waals surface area contributed by atoms with Crippen LogP contribution in [0.5, 0.6) is 5.75 Å². The Labute approximate surface area is 231 Å².